The van der Waals surface area contributed by atoms with Crippen LogP contribution in [0, 0.1) is 5.92 Å². The SMILES string of the molecule is COC(=O)c1c(NC(=O)Cc2ccccc2)c2cc(NC3CCCC3)cnc2n1CC(C)C. The summed E-state index contributed by atoms with van der Waals surface area (Å²) in [5.74, 6) is -0.409. The first-order chi connectivity index (χ1) is 16.0. The van der Waals surface area contributed by atoms with Crippen molar-refractivity contribution in [2.24, 2.45) is 5.92 Å². The minimum Gasteiger partial charge on any atom is -0.464 e. The van der Waals surface area contributed by atoms with Crippen LogP contribution in [0.25, 0.3) is 11.0 Å². The Balaban J connectivity index is 1.77. The molecule has 1 aliphatic rings. The predicted octanol–water partition coefficient (Wildman–Crippen LogP) is 5.01. The van der Waals surface area contributed by atoms with Gasteiger partial charge < -0.3 is 19.9 Å². The third-order valence-corrected chi connectivity index (χ3v) is 6.02. The molecule has 1 fully saturated rings. The number of hydrogen-bond acceptors (Lipinski definition) is 5. The maximum Gasteiger partial charge on any atom is 0.356 e. The van der Waals surface area contributed by atoms with Gasteiger partial charge in [-0.15, -0.1) is 0 Å². The quantitative estimate of drug-likeness (QED) is 0.473. The number of pyridine rings is 1. The molecule has 2 aromatic heterocycles. The van der Waals surface area contributed by atoms with E-state index in [2.05, 4.69) is 24.5 Å². The smallest absolute Gasteiger partial charge is 0.356 e. The van der Waals surface area contributed by atoms with Crippen LogP contribution in [0.3, 0.4) is 0 Å². The number of esters is 1. The molecule has 7 heteroatoms. The molecule has 7 nitrogen and oxygen atoms in total. The van der Waals surface area contributed by atoms with Crippen LogP contribution in [-0.4, -0.2) is 34.6 Å². The fraction of sp³-hybridized carbons (Fsp3) is 0.423. The van der Waals surface area contributed by atoms with E-state index < -0.39 is 5.97 Å². The lowest BCUT2D eigenvalue weighted by Crippen LogP contribution is -2.19. The van der Waals surface area contributed by atoms with Crippen LogP contribution in [0.1, 0.15) is 55.6 Å². The van der Waals surface area contributed by atoms with Gasteiger partial charge in [0.25, 0.3) is 0 Å². The van der Waals surface area contributed by atoms with Gasteiger partial charge in [-0.3, -0.25) is 4.79 Å². The summed E-state index contributed by atoms with van der Waals surface area (Å²) in [7, 11) is 1.36. The van der Waals surface area contributed by atoms with E-state index in [1.165, 1.54) is 20.0 Å². The monoisotopic (exact) mass is 448 g/mol. The number of anilines is 2. The summed E-state index contributed by atoms with van der Waals surface area (Å²) < 4.78 is 6.98. The van der Waals surface area contributed by atoms with Gasteiger partial charge in [0.2, 0.25) is 5.91 Å². The number of rotatable bonds is 8. The fourth-order valence-corrected chi connectivity index (χ4v) is 4.55. The molecule has 1 amide bonds. The van der Waals surface area contributed by atoms with Gasteiger partial charge in [-0.25, -0.2) is 9.78 Å². The van der Waals surface area contributed by atoms with Crippen molar-refractivity contribution in [3.63, 3.8) is 0 Å². The highest BCUT2D eigenvalue weighted by molar-refractivity contribution is 6.11. The zero-order valence-electron chi connectivity index (χ0n) is 19.6. The van der Waals surface area contributed by atoms with Crippen LogP contribution in [-0.2, 0) is 22.5 Å². The van der Waals surface area contributed by atoms with Crippen LogP contribution in [0.15, 0.2) is 42.6 Å². The number of carbonyl (C=O) groups excluding carboxylic acids is 2. The van der Waals surface area contributed by atoms with E-state index in [4.69, 9.17) is 9.72 Å². The number of fused-ring (bicyclic) bond motifs is 1. The Hall–Kier alpha value is -3.35. The number of amides is 1. The van der Waals surface area contributed by atoms with Gasteiger partial charge in [-0.1, -0.05) is 57.0 Å². The summed E-state index contributed by atoms with van der Waals surface area (Å²) in [5, 5.41) is 7.31. The second-order valence-corrected chi connectivity index (χ2v) is 9.15. The van der Waals surface area contributed by atoms with Crippen molar-refractivity contribution in [1.82, 2.24) is 9.55 Å². The van der Waals surface area contributed by atoms with Crippen LogP contribution in [0.2, 0.25) is 0 Å². The Morgan fingerprint density at radius 1 is 1.18 bits per heavy atom. The second kappa shape index (κ2) is 10.1. The van der Waals surface area contributed by atoms with Crippen molar-refractivity contribution >= 4 is 34.3 Å². The fourth-order valence-electron chi connectivity index (χ4n) is 4.55. The Morgan fingerprint density at radius 3 is 2.58 bits per heavy atom. The van der Waals surface area contributed by atoms with Crippen molar-refractivity contribution in [2.75, 3.05) is 17.7 Å². The lowest BCUT2D eigenvalue weighted by molar-refractivity contribution is -0.115. The van der Waals surface area contributed by atoms with Gasteiger partial charge in [0.15, 0.2) is 5.69 Å². The molecule has 0 atom stereocenters. The summed E-state index contributed by atoms with van der Waals surface area (Å²) in [6.45, 7) is 4.74. The molecule has 33 heavy (non-hydrogen) atoms. The van der Waals surface area contributed by atoms with E-state index in [0.717, 1.165) is 29.5 Å². The average Bonchev–Trinajstić information content (AvgIpc) is 3.40. The highest BCUT2D eigenvalue weighted by atomic mass is 16.5. The van der Waals surface area contributed by atoms with Crippen LogP contribution >= 0.6 is 0 Å². The zero-order chi connectivity index (χ0) is 23.4. The molecular formula is C26H32N4O3. The highest BCUT2D eigenvalue weighted by Gasteiger charge is 2.27. The minimum absolute atomic E-state index is 0.191. The first kappa shape index (κ1) is 22.8. The molecule has 0 radical (unpaired) electrons. The normalized spacial score (nSPS) is 14.1. The van der Waals surface area contributed by atoms with Gasteiger partial charge in [0.05, 0.1) is 31.1 Å². The second-order valence-electron chi connectivity index (χ2n) is 9.15. The van der Waals surface area contributed by atoms with Gasteiger partial charge in [-0.2, -0.15) is 0 Å². The number of nitrogens with zero attached hydrogens (tertiary/aromatic N) is 2. The van der Waals surface area contributed by atoms with Crippen molar-refractivity contribution in [2.45, 2.75) is 58.5 Å². The molecule has 2 heterocycles. The first-order valence-electron chi connectivity index (χ1n) is 11.7. The summed E-state index contributed by atoms with van der Waals surface area (Å²) in [6, 6.07) is 12.0. The predicted molar refractivity (Wildman–Crippen MR) is 131 cm³/mol. The van der Waals surface area contributed by atoms with E-state index in [-0.39, 0.29) is 18.2 Å². The lowest BCUT2D eigenvalue weighted by Gasteiger charge is -2.14. The van der Waals surface area contributed by atoms with Crippen LogP contribution in [0.5, 0.6) is 0 Å². The third kappa shape index (κ3) is 5.18. The van der Waals surface area contributed by atoms with Gasteiger partial charge in [0, 0.05) is 18.0 Å². The molecule has 0 saturated heterocycles. The molecule has 4 rings (SSSR count). The molecular weight excluding hydrogens is 416 g/mol. The standard InChI is InChI=1S/C26H32N4O3/c1-17(2)16-30-24(26(32)33-3)23(29-22(31)13-18-9-5-4-6-10-18)21-14-20(15-27-25(21)30)28-19-11-7-8-12-19/h4-6,9-10,14-15,17,19,28H,7-8,11-13,16H2,1-3H3,(H,29,31). The number of benzene rings is 1. The number of ether oxygens (including phenoxy) is 1. The first-order valence-corrected chi connectivity index (χ1v) is 11.7. The van der Waals surface area contributed by atoms with E-state index >= 15 is 0 Å². The van der Waals surface area contributed by atoms with E-state index in [1.807, 2.05) is 47.2 Å². The lowest BCUT2D eigenvalue weighted by atomic mass is 10.1. The summed E-state index contributed by atoms with van der Waals surface area (Å²) in [4.78, 5) is 30.6. The maximum atomic E-state index is 13.0. The molecule has 0 unspecified atom stereocenters. The number of carbonyl (C=O) groups is 2. The zero-order valence-corrected chi connectivity index (χ0v) is 19.6. The van der Waals surface area contributed by atoms with E-state index in [9.17, 15) is 9.59 Å². The minimum atomic E-state index is -0.492. The van der Waals surface area contributed by atoms with Gasteiger partial charge in [-0.05, 0) is 30.4 Å². The Labute approximate surface area is 194 Å². The maximum absolute atomic E-state index is 13.0. The average molecular weight is 449 g/mol. The molecule has 2 N–H and O–H groups in total. The number of methoxy groups -OCH3 is 1. The summed E-state index contributed by atoms with van der Waals surface area (Å²) in [5.41, 5.74) is 3.25. The Kier molecular flexibility index (Phi) is 6.96. The Bertz CT molecular complexity index is 1130. The topological polar surface area (TPSA) is 85.2 Å². The summed E-state index contributed by atoms with van der Waals surface area (Å²) in [6.07, 6.45) is 6.76. The molecule has 3 aromatic rings. The highest BCUT2D eigenvalue weighted by Crippen LogP contribution is 2.34. The number of nitrogens with one attached hydrogen (secondary N) is 2. The summed E-state index contributed by atoms with van der Waals surface area (Å²) >= 11 is 0. The molecule has 1 aliphatic carbocycles. The molecule has 174 valence electrons. The molecule has 1 aromatic carbocycles. The van der Waals surface area contributed by atoms with Crippen LogP contribution in [0.4, 0.5) is 11.4 Å². The molecule has 0 bridgehead atoms. The molecule has 0 aliphatic heterocycles. The largest absolute Gasteiger partial charge is 0.464 e. The van der Waals surface area contributed by atoms with Crippen molar-refractivity contribution < 1.29 is 14.3 Å². The van der Waals surface area contributed by atoms with Crippen molar-refractivity contribution in [3.05, 3.63) is 53.9 Å². The third-order valence-electron chi connectivity index (χ3n) is 6.02. The number of hydrogen-bond donors (Lipinski definition) is 2. The Morgan fingerprint density at radius 2 is 1.91 bits per heavy atom. The molecule has 1 saturated carbocycles. The molecule has 0 spiro atoms. The van der Waals surface area contributed by atoms with Gasteiger partial charge >= 0.3 is 5.97 Å². The van der Waals surface area contributed by atoms with Crippen molar-refractivity contribution in [3.8, 4) is 0 Å². The van der Waals surface area contributed by atoms with Crippen molar-refractivity contribution in [1.29, 1.82) is 0 Å². The van der Waals surface area contributed by atoms with E-state index in [0.29, 0.717) is 29.6 Å². The van der Waals surface area contributed by atoms with Gasteiger partial charge in [0.1, 0.15) is 5.65 Å². The van der Waals surface area contributed by atoms with Crippen LogP contribution < -0.4 is 10.6 Å². The number of aromatic nitrogens is 2. The van der Waals surface area contributed by atoms with E-state index in [1.54, 1.807) is 0 Å².